The van der Waals surface area contributed by atoms with Crippen LogP contribution in [0, 0.1) is 0 Å². The van der Waals surface area contributed by atoms with E-state index in [0.29, 0.717) is 34.5 Å². The normalized spacial score (nSPS) is 10.5. The van der Waals surface area contributed by atoms with E-state index in [4.69, 9.17) is 9.47 Å². The van der Waals surface area contributed by atoms with E-state index >= 15 is 0 Å². The summed E-state index contributed by atoms with van der Waals surface area (Å²) in [6, 6.07) is 8.10. The number of aromatic nitrogens is 2. The van der Waals surface area contributed by atoms with E-state index in [0.717, 1.165) is 0 Å². The van der Waals surface area contributed by atoms with Crippen molar-refractivity contribution in [3.05, 3.63) is 36.7 Å². The van der Waals surface area contributed by atoms with Gasteiger partial charge in [-0.15, -0.1) is 0 Å². The lowest BCUT2D eigenvalue weighted by molar-refractivity contribution is -0.134. The SMILES string of the molecule is CCCC(=O)Oc1c(NC(C)=O)cccc1Nc1ncnc2cc(OC)c(O)cc12. The first kappa shape index (κ1) is 20.8. The summed E-state index contributed by atoms with van der Waals surface area (Å²) in [6.45, 7) is 3.24. The third-order valence-corrected chi connectivity index (χ3v) is 4.18. The molecule has 0 fully saturated rings. The van der Waals surface area contributed by atoms with Gasteiger partial charge in [0.1, 0.15) is 12.1 Å². The zero-order valence-corrected chi connectivity index (χ0v) is 16.9. The highest BCUT2D eigenvalue weighted by Crippen LogP contribution is 2.38. The van der Waals surface area contributed by atoms with Crippen LogP contribution in [0.1, 0.15) is 26.7 Å². The number of esters is 1. The number of para-hydroxylation sites is 1. The molecule has 0 saturated carbocycles. The molecule has 30 heavy (non-hydrogen) atoms. The minimum atomic E-state index is -0.423. The van der Waals surface area contributed by atoms with Gasteiger partial charge in [0.05, 0.1) is 24.0 Å². The van der Waals surface area contributed by atoms with Crippen molar-refractivity contribution in [1.29, 1.82) is 0 Å². The Morgan fingerprint density at radius 1 is 1.17 bits per heavy atom. The number of carbonyl (C=O) groups is 2. The second-order valence-electron chi connectivity index (χ2n) is 6.48. The number of benzene rings is 2. The number of nitrogens with zero attached hydrogens (tertiary/aromatic N) is 2. The van der Waals surface area contributed by atoms with Crippen molar-refractivity contribution in [2.75, 3.05) is 17.7 Å². The van der Waals surface area contributed by atoms with Crippen LogP contribution >= 0.6 is 0 Å². The molecule has 3 aromatic rings. The molecule has 0 aliphatic carbocycles. The number of aromatic hydroxyl groups is 1. The lowest BCUT2D eigenvalue weighted by Crippen LogP contribution is -2.13. The van der Waals surface area contributed by atoms with Crippen LogP contribution < -0.4 is 20.1 Å². The van der Waals surface area contributed by atoms with Crippen molar-refractivity contribution in [2.45, 2.75) is 26.7 Å². The number of phenols is 1. The van der Waals surface area contributed by atoms with Gasteiger partial charge in [0.25, 0.3) is 0 Å². The van der Waals surface area contributed by atoms with Gasteiger partial charge in [-0.05, 0) is 24.6 Å². The Hall–Kier alpha value is -3.88. The smallest absolute Gasteiger partial charge is 0.311 e. The van der Waals surface area contributed by atoms with Gasteiger partial charge in [-0.25, -0.2) is 9.97 Å². The Kier molecular flexibility index (Phi) is 6.31. The van der Waals surface area contributed by atoms with E-state index in [1.54, 1.807) is 24.3 Å². The average Bonchev–Trinajstić information content (AvgIpc) is 2.70. The number of hydrogen-bond donors (Lipinski definition) is 3. The molecule has 1 aromatic heterocycles. The molecule has 0 radical (unpaired) electrons. The maximum atomic E-state index is 12.1. The first-order chi connectivity index (χ1) is 14.4. The molecule has 0 saturated heterocycles. The van der Waals surface area contributed by atoms with Crippen LogP contribution in [0.3, 0.4) is 0 Å². The third-order valence-electron chi connectivity index (χ3n) is 4.18. The fourth-order valence-corrected chi connectivity index (χ4v) is 2.87. The summed E-state index contributed by atoms with van der Waals surface area (Å²) < 4.78 is 10.7. The van der Waals surface area contributed by atoms with Gasteiger partial charge in [0.15, 0.2) is 17.2 Å². The maximum Gasteiger partial charge on any atom is 0.311 e. The summed E-state index contributed by atoms with van der Waals surface area (Å²) in [4.78, 5) is 32.2. The predicted molar refractivity (Wildman–Crippen MR) is 112 cm³/mol. The first-order valence-electron chi connectivity index (χ1n) is 9.33. The lowest BCUT2D eigenvalue weighted by atomic mass is 10.2. The number of methoxy groups -OCH3 is 1. The molecule has 0 aliphatic heterocycles. The fraction of sp³-hybridized carbons (Fsp3) is 0.238. The molecule has 1 heterocycles. The number of ether oxygens (including phenoxy) is 2. The van der Waals surface area contributed by atoms with Crippen LogP contribution in [-0.4, -0.2) is 34.1 Å². The molecule has 0 aliphatic rings. The molecule has 0 bridgehead atoms. The molecule has 1 amide bonds. The number of phenolic OH excluding ortho intramolecular Hbond substituents is 1. The standard InChI is InChI=1S/C21H22N4O5/c1-4-6-19(28)30-20-14(24-12(2)26)7-5-8-15(20)25-21-13-9-17(27)18(29-3)10-16(13)22-11-23-21/h5,7-11,27H,4,6H2,1-3H3,(H,24,26)(H,22,23,25). The van der Waals surface area contributed by atoms with Crippen molar-refractivity contribution in [3.63, 3.8) is 0 Å². The van der Waals surface area contributed by atoms with Gasteiger partial charge in [-0.3, -0.25) is 9.59 Å². The minimum Gasteiger partial charge on any atom is -0.504 e. The largest absolute Gasteiger partial charge is 0.504 e. The van der Waals surface area contributed by atoms with Crippen LogP contribution in [0.2, 0.25) is 0 Å². The van der Waals surface area contributed by atoms with E-state index in [1.165, 1.54) is 26.4 Å². The van der Waals surface area contributed by atoms with Gasteiger partial charge in [-0.1, -0.05) is 13.0 Å². The Morgan fingerprint density at radius 2 is 1.93 bits per heavy atom. The number of rotatable bonds is 7. The number of carbonyl (C=O) groups excluding carboxylic acids is 2. The number of fused-ring (bicyclic) bond motifs is 1. The molecule has 3 N–H and O–H groups in total. The van der Waals surface area contributed by atoms with Crippen molar-refractivity contribution < 1.29 is 24.2 Å². The molecule has 156 valence electrons. The number of hydrogen-bond acceptors (Lipinski definition) is 8. The molecular weight excluding hydrogens is 388 g/mol. The maximum absolute atomic E-state index is 12.1. The van der Waals surface area contributed by atoms with Gasteiger partial charge in [0, 0.05) is 24.8 Å². The van der Waals surface area contributed by atoms with Crippen LogP contribution in [-0.2, 0) is 9.59 Å². The second kappa shape index (κ2) is 9.08. The van der Waals surface area contributed by atoms with E-state index < -0.39 is 5.97 Å². The summed E-state index contributed by atoms with van der Waals surface area (Å²) in [6.07, 6.45) is 2.22. The van der Waals surface area contributed by atoms with Gasteiger partial charge >= 0.3 is 5.97 Å². The molecule has 0 atom stereocenters. The lowest BCUT2D eigenvalue weighted by Gasteiger charge is -2.16. The molecule has 0 spiro atoms. The van der Waals surface area contributed by atoms with Crippen molar-refractivity contribution >= 4 is 40.0 Å². The van der Waals surface area contributed by atoms with Crippen molar-refractivity contribution in [3.8, 4) is 17.2 Å². The Balaban J connectivity index is 2.06. The zero-order chi connectivity index (χ0) is 21.7. The molecule has 9 nitrogen and oxygen atoms in total. The van der Waals surface area contributed by atoms with Crippen LogP contribution in [0.25, 0.3) is 10.9 Å². The first-order valence-corrected chi connectivity index (χ1v) is 9.33. The Bertz CT molecular complexity index is 1100. The number of amides is 1. The molecule has 9 heteroatoms. The van der Waals surface area contributed by atoms with E-state index in [9.17, 15) is 14.7 Å². The van der Waals surface area contributed by atoms with E-state index in [2.05, 4.69) is 20.6 Å². The quantitative estimate of drug-likeness (QED) is 0.398. The van der Waals surface area contributed by atoms with Crippen LogP contribution in [0.4, 0.5) is 17.2 Å². The molecular formula is C21H22N4O5. The summed E-state index contributed by atoms with van der Waals surface area (Å²) in [5, 5.41) is 16.5. The minimum absolute atomic E-state index is 0.0653. The van der Waals surface area contributed by atoms with Gasteiger partial charge in [-0.2, -0.15) is 0 Å². The highest BCUT2D eigenvalue weighted by Gasteiger charge is 2.17. The number of anilines is 3. The van der Waals surface area contributed by atoms with E-state index in [1.807, 2.05) is 6.92 Å². The predicted octanol–water partition coefficient (Wildman–Crippen LogP) is 3.75. The second-order valence-corrected chi connectivity index (χ2v) is 6.48. The molecule has 3 rings (SSSR count). The topological polar surface area (TPSA) is 123 Å². The third kappa shape index (κ3) is 4.57. The van der Waals surface area contributed by atoms with E-state index in [-0.39, 0.29) is 29.6 Å². The van der Waals surface area contributed by atoms with Crippen LogP contribution in [0.5, 0.6) is 17.2 Å². The van der Waals surface area contributed by atoms with Crippen molar-refractivity contribution in [2.24, 2.45) is 0 Å². The fourth-order valence-electron chi connectivity index (χ4n) is 2.87. The zero-order valence-electron chi connectivity index (χ0n) is 16.9. The summed E-state index contributed by atoms with van der Waals surface area (Å²) in [7, 11) is 1.45. The van der Waals surface area contributed by atoms with Crippen molar-refractivity contribution in [1.82, 2.24) is 9.97 Å². The summed E-state index contributed by atoms with van der Waals surface area (Å²) in [5.41, 5.74) is 1.31. The Labute approximate surface area is 173 Å². The average molecular weight is 410 g/mol. The van der Waals surface area contributed by atoms with Gasteiger partial charge < -0.3 is 25.2 Å². The highest BCUT2D eigenvalue weighted by atomic mass is 16.5. The molecule has 0 unspecified atom stereocenters. The van der Waals surface area contributed by atoms with Gasteiger partial charge in [0.2, 0.25) is 5.91 Å². The monoisotopic (exact) mass is 410 g/mol. The molecule has 2 aromatic carbocycles. The summed E-state index contributed by atoms with van der Waals surface area (Å²) >= 11 is 0. The Morgan fingerprint density at radius 3 is 2.63 bits per heavy atom. The highest BCUT2D eigenvalue weighted by molar-refractivity contribution is 5.96. The number of nitrogens with one attached hydrogen (secondary N) is 2. The van der Waals surface area contributed by atoms with Crippen LogP contribution in [0.15, 0.2) is 36.7 Å². The summed E-state index contributed by atoms with van der Waals surface area (Å²) in [5.74, 6) is 0.0533.